The lowest BCUT2D eigenvalue weighted by atomic mass is 9.76. The highest BCUT2D eigenvalue weighted by Crippen LogP contribution is 2.62. The zero-order valence-electron chi connectivity index (χ0n) is 15.4. The van der Waals surface area contributed by atoms with E-state index in [0.29, 0.717) is 16.7 Å². The van der Waals surface area contributed by atoms with Crippen molar-refractivity contribution in [2.45, 2.75) is 5.60 Å². The van der Waals surface area contributed by atoms with Crippen LogP contribution in [0.25, 0.3) is 0 Å². The van der Waals surface area contributed by atoms with Crippen LogP contribution in [0.3, 0.4) is 0 Å². The van der Waals surface area contributed by atoms with Crippen molar-refractivity contribution in [3.05, 3.63) is 68.7 Å². The van der Waals surface area contributed by atoms with Gasteiger partial charge >= 0.3 is 5.97 Å². The summed E-state index contributed by atoms with van der Waals surface area (Å²) >= 11 is 12.5. The molecule has 30 heavy (non-hydrogen) atoms. The van der Waals surface area contributed by atoms with Gasteiger partial charge in [-0.1, -0.05) is 41.4 Å². The highest BCUT2D eigenvalue weighted by Gasteiger charge is 2.56. The minimum Gasteiger partial charge on any atom is -0.506 e. The number of nitrogens with one attached hydrogen (secondary N) is 1. The van der Waals surface area contributed by atoms with Gasteiger partial charge in [0.05, 0.1) is 27.4 Å². The fourth-order valence-corrected chi connectivity index (χ4v) is 4.51. The minimum absolute atomic E-state index is 0.00275. The van der Waals surface area contributed by atoms with Gasteiger partial charge in [-0.05, 0) is 12.1 Å². The van der Waals surface area contributed by atoms with Gasteiger partial charge in [0, 0.05) is 18.7 Å². The Labute approximate surface area is 180 Å². The largest absolute Gasteiger partial charge is 0.506 e. The Morgan fingerprint density at radius 2 is 1.87 bits per heavy atom. The number of nitrogens with two attached hydrogens (primary N) is 1. The standard InChI is InChI=1S/C21H14Cl2N2O5/c1-25-17-18(27)11(22)6-10-19(17)29-13-7-12(26)15(23)16(24)14(13)21(10)9-5-3-2-4-8(9)20(28)30-21/h2-7,25-27H,24H2,1H3. The van der Waals surface area contributed by atoms with Crippen molar-refractivity contribution < 1.29 is 24.5 Å². The topological polar surface area (TPSA) is 114 Å². The molecule has 2 aliphatic rings. The van der Waals surface area contributed by atoms with Gasteiger partial charge < -0.3 is 30.7 Å². The zero-order valence-corrected chi connectivity index (χ0v) is 16.9. The van der Waals surface area contributed by atoms with Crippen molar-refractivity contribution >= 4 is 40.5 Å². The third kappa shape index (κ3) is 2.13. The number of carbonyl (C=O) groups excluding carboxylic acids is 1. The van der Waals surface area contributed by atoms with E-state index in [9.17, 15) is 15.0 Å². The Kier molecular flexibility index (Phi) is 3.81. The number of hydrogen-bond acceptors (Lipinski definition) is 7. The van der Waals surface area contributed by atoms with Crippen LogP contribution in [0.4, 0.5) is 11.4 Å². The molecule has 1 atom stereocenters. The van der Waals surface area contributed by atoms with E-state index in [1.165, 1.54) is 12.1 Å². The number of nitrogen functional groups attached to an aromatic ring is 1. The van der Waals surface area contributed by atoms with Crippen molar-refractivity contribution in [1.82, 2.24) is 0 Å². The maximum atomic E-state index is 12.8. The molecular formula is C21H14Cl2N2O5. The lowest BCUT2D eigenvalue weighted by Gasteiger charge is -2.38. The molecule has 0 radical (unpaired) electrons. The molecule has 0 saturated carbocycles. The predicted molar refractivity (Wildman–Crippen MR) is 112 cm³/mol. The minimum atomic E-state index is -1.54. The maximum Gasteiger partial charge on any atom is 0.340 e. The van der Waals surface area contributed by atoms with Crippen LogP contribution in [0.5, 0.6) is 23.0 Å². The Bertz CT molecular complexity index is 1280. The summed E-state index contributed by atoms with van der Waals surface area (Å²) in [4.78, 5) is 12.8. The quantitative estimate of drug-likeness (QED) is 0.246. The number of ether oxygens (including phenoxy) is 2. The number of fused-ring (bicyclic) bond motifs is 6. The Morgan fingerprint density at radius 1 is 1.13 bits per heavy atom. The molecule has 9 heteroatoms. The Hall–Kier alpha value is -3.29. The van der Waals surface area contributed by atoms with Crippen LogP contribution in [-0.4, -0.2) is 23.2 Å². The summed E-state index contributed by atoms with van der Waals surface area (Å²) in [6.45, 7) is 0. The van der Waals surface area contributed by atoms with E-state index in [0.717, 1.165) is 0 Å². The average molecular weight is 445 g/mol. The van der Waals surface area contributed by atoms with E-state index in [-0.39, 0.29) is 50.0 Å². The Morgan fingerprint density at radius 3 is 2.60 bits per heavy atom. The monoisotopic (exact) mass is 444 g/mol. The van der Waals surface area contributed by atoms with Crippen LogP contribution in [0.2, 0.25) is 10.0 Å². The van der Waals surface area contributed by atoms with Crippen LogP contribution in [0.1, 0.15) is 27.0 Å². The summed E-state index contributed by atoms with van der Waals surface area (Å²) < 4.78 is 12.0. The molecule has 2 heterocycles. The van der Waals surface area contributed by atoms with Crippen LogP contribution in [-0.2, 0) is 10.3 Å². The third-order valence-electron chi connectivity index (χ3n) is 5.42. The van der Waals surface area contributed by atoms with Gasteiger partial charge in [0.15, 0.2) is 17.1 Å². The van der Waals surface area contributed by atoms with Crippen molar-refractivity contribution in [3.63, 3.8) is 0 Å². The van der Waals surface area contributed by atoms with Crippen LogP contribution >= 0.6 is 23.2 Å². The van der Waals surface area contributed by atoms with E-state index in [1.807, 2.05) is 0 Å². The number of anilines is 2. The SMILES string of the molecule is CNc1c(O)c(Cl)cc2c1Oc1cc(O)c(Cl)c(N)c1C21OC(=O)c2ccccc21. The summed E-state index contributed by atoms with van der Waals surface area (Å²) in [6, 6.07) is 9.61. The van der Waals surface area contributed by atoms with Crippen molar-refractivity contribution in [2.24, 2.45) is 0 Å². The molecule has 1 unspecified atom stereocenters. The smallest absolute Gasteiger partial charge is 0.340 e. The summed E-state index contributed by atoms with van der Waals surface area (Å²) in [5, 5.41) is 23.5. The van der Waals surface area contributed by atoms with E-state index in [1.54, 1.807) is 31.3 Å². The molecule has 0 bridgehead atoms. The maximum absolute atomic E-state index is 12.8. The molecule has 5 rings (SSSR count). The predicted octanol–water partition coefficient (Wildman–Crippen LogP) is 4.60. The number of esters is 1. The van der Waals surface area contributed by atoms with E-state index >= 15 is 0 Å². The highest BCUT2D eigenvalue weighted by atomic mass is 35.5. The first kappa shape index (κ1) is 18.7. The van der Waals surface area contributed by atoms with Gasteiger partial charge in [-0.2, -0.15) is 0 Å². The number of rotatable bonds is 1. The third-order valence-corrected chi connectivity index (χ3v) is 6.10. The van der Waals surface area contributed by atoms with E-state index in [4.69, 9.17) is 38.4 Å². The number of aromatic hydroxyl groups is 2. The molecule has 3 aromatic carbocycles. The molecule has 2 aliphatic heterocycles. The van der Waals surface area contributed by atoms with Gasteiger partial charge in [0.2, 0.25) is 0 Å². The van der Waals surface area contributed by atoms with Crippen LogP contribution in [0.15, 0.2) is 36.4 Å². The first-order valence-electron chi connectivity index (χ1n) is 8.87. The molecular weight excluding hydrogens is 431 g/mol. The van der Waals surface area contributed by atoms with Gasteiger partial charge in [0.1, 0.15) is 22.2 Å². The van der Waals surface area contributed by atoms with Crippen molar-refractivity contribution in [3.8, 4) is 23.0 Å². The molecule has 3 aromatic rings. The fraction of sp³-hybridized carbons (Fsp3) is 0.0952. The lowest BCUT2D eigenvalue weighted by molar-refractivity contribution is 0.0227. The summed E-state index contributed by atoms with van der Waals surface area (Å²) in [5.74, 6) is -0.793. The number of phenolic OH excluding ortho intramolecular Hbond substituents is 2. The molecule has 0 amide bonds. The van der Waals surface area contributed by atoms with Crippen LogP contribution in [0, 0.1) is 0 Å². The number of halogens is 2. The summed E-state index contributed by atoms with van der Waals surface area (Å²) in [6.07, 6.45) is 0. The van der Waals surface area contributed by atoms with Gasteiger partial charge in [0.25, 0.3) is 0 Å². The summed E-state index contributed by atoms with van der Waals surface area (Å²) in [5.41, 5.74) is 6.42. The number of benzene rings is 3. The van der Waals surface area contributed by atoms with E-state index < -0.39 is 11.6 Å². The summed E-state index contributed by atoms with van der Waals surface area (Å²) in [7, 11) is 1.58. The van der Waals surface area contributed by atoms with Crippen LogP contribution < -0.4 is 15.8 Å². The molecule has 7 nitrogen and oxygen atoms in total. The Balaban J connectivity index is 1.99. The first-order chi connectivity index (χ1) is 14.3. The number of phenols is 2. The molecule has 5 N–H and O–H groups in total. The van der Waals surface area contributed by atoms with Gasteiger partial charge in [-0.15, -0.1) is 0 Å². The molecule has 1 spiro atoms. The average Bonchev–Trinajstić information content (AvgIpc) is 3.01. The van der Waals surface area contributed by atoms with Gasteiger partial charge in [-0.25, -0.2) is 4.79 Å². The van der Waals surface area contributed by atoms with Gasteiger partial charge in [-0.3, -0.25) is 0 Å². The molecule has 0 aliphatic carbocycles. The lowest BCUT2D eigenvalue weighted by Crippen LogP contribution is -2.34. The zero-order chi connectivity index (χ0) is 21.4. The second kappa shape index (κ2) is 6.10. The highest BCUT2D eigenvalue weighted by molar-refractivity contribution is 6.35. The first-order valence-corrected chi connectivity index (χ1v) is 9.62. The molecule has 152 valence electrons. The number of carbonyl (C=O) groups is 1. The van der Waals surface area contributed by atoms with Crippen molar-refractivity contribution in [2.75, 3.05) is 18.1 Å². The van der Waals surface area contributed by atoms with Crippen molar-refractivity contribution in [1.29, 1.82) is 0 Å². The second-order valence-electron chi connectivity index (χ2n) is 6.92. The molecule has 0 fully saturated rings. The number of hydrogen-bond donors (Lipinski definition) is 4. The molecule has 0 aromatic heterocycles. The fourth-order valence-electron chi connectivity index (χ4n) is 4.15. The second-order valence-corrected chi connectivity index (χ2v) is 7.71. The molecule has 0 saturated heterocycles. The van der Waals surface area contributed by atoms with E-state index in [2.05, 4.69) is 5.32 Å². The normalized spacial score (nSPS) is 18.3.